The van der Waals surface area contributed by atoms with E-state index >= 15 is 0 Å². The summed E-state index contributed by atoms with van der Waals surface area (Å²) < 4.78 is 0. The number of H-pyrrole nitrogens is 1. The molecule has 0 fully saturated rings. The van der Waals surface area contributed by atoms with Gasteiger partial charge in [-0.2, -0.15) is 0 Å². The average molecular weight is 232 g/mol. The van der Waals surface area contributed by atoms with Gasteiger partial charge in [0.25, 0.3) is 0 Å². The molecule has 17 heavy (non-hydrogen) atoms. The van der Waals surface area contributed by atoms with Gasteiger partial charge >= 0.3 is 0 Å². The monoisotopic (exact) mass is 232 g/mol. The van der Waals surface area contributed by atoms with Crippen molar-refractivity contribution >= 4 is 16.8 Å². The molecule has 0 atom stereocenters. The Bertz CT molecular complexity index is 472. The maximum absolute atomic E-state index is 11.6. The second-order valence-electron chi connectivity index (χ2n) is 3.99. The molecule has 0 saturated heterocycles. The highest BCUT2D eigenvalue weighted by Gasteiger charge is 2.05. The number of aromatic nitrogens is 1. The van der Waals surface area contributed by atoms with E-state index in [0.717, 1.165) is 16.6 Å². The first-order valence-electron chi connectivity index (χ1n) is 5.74. The van der Waals surface area contributed by atoms with Crippen LogP contribution in [0.15, 0.2) is 30.3 Å². The smallest absolute Gasteiger partial charge is 0.225 e. The van der Waals surface area contributed by atoms with Crippen LogP contribution in [0.3, 0.4) is 0 Å². The van der Waals surface area contributed by atoms with Gasteiger partial charge in [-0.15, -0.1) is 0 Å². The Morgan fingerprint density at radius 1 is 1.35 bits per heavy atom. The van der Waals surface area contributed by atoms with Crippen LogP contribution in [0.5, 0.6) is 0 Å². The van der Waals surface area contributed by atoms with E-state index in [4.69, 9.17) is 5.11 Å². The third-order valence-electron chi connectivity index (χ3n) is 2.59. The van der Waals surface area contributed by atoms with Crippen molar-refractivity contribution in [1.29, 1.82) is 0 Å². The van der Waals surface area contributed by atoms with Crippen LogP contribution >= 0.6 is 0 Å². The average Bonchev–Trinajstić information content (AvgIpc) is 2.71. The lowest BCUT2D eigenvalue weighted by Gasteiger charge is -2.02. The first-order valence-corrected chi connectivity index (χ1v) is 5.74. The molecule has 0 saturated carbocycles. The van der Waals surface area contributed by atoms with Crippen LogP contribution in [0.2, 0.25) is 0 Å². The number of carbonyl (C=O) groups is 1. The molecule has 1 aromatic carbocycles. The van der Waals surface area contributed by atoms with Crippen molar-refractivity contribution in [2.75, 3.05) is 13.2 Å². The summed E-state index contributed by atoms with van der Waals surface area (Å²) in [5.74, 6) is -0.0231. The van der Waals surface area contributed by atoms with Crippen LogP contribution in [0.1, 0.15) is 12.1 Å². The Hall–Kier alpha value is -1.81. The van der Waals surface area contributed by atoms with Crippen molar-refractivity contribution in [2.24, 2.45) is 0 Å². The highest BCUT2D eigenvalue weighted by molar-refractivity contribution is 5.83. The van der Waals surface area contributed by atoms with Gasteiger partial charge in [-0.3, -0.25) is 4.79 Å². The van der Waals surface area contributed by atoms with Crippen LogP contribution in [-0.4, -0.2) is 29.1 Å². The molecular formula is C13H16N2O2. The van der Waals surface area contributed by atoms with E-state index in [1.807, 2.05) is 30.3 Å². The maximum atomic E-state index is 11.6. The van der Waals surface area contributed by atoms with Crippen molar-refractivity contribution < 1.29 is 9.90 Å². The first-order chi connectivity index (χ1) is 8.29. The second kappa shape index (κ2) is 5.50. The second-order valence-corrected chi connectivity index (χ2v) is 3.99. The zero-order chi connectivity index (χ0) is 12.1. The van der Waals surface area contributed by atoms with Crippen LogP contribution in [-0.2, 0) is 11.2 Å². The Kier molecular flexibility index (Phi) is 3.77. The molecule has 0 radical (unpaired) electrons. The molecule has 4 heteroatoms. The van der Waals surface area contributed by atoms with Gasteiger partial charge in [0.15, 0.2) is 0 Å². The molecule has 0 unspecified atom stereocenters. The van der Waals surface area contributed by atoms with E-state index in [2.05, 4.69) is 10.3 Å². The fourth-order valence-corrected chi connectivity index (χ4v) is 1.77. The largest absolute Gasteiger partial charge is 0.396 e. The van der Waals surface area contributed by atoms with Crippen molar-refractivity contribution in [3.05, 3.63) is 36.0 Å². The van der Waals surface area contributed by atoms with E-state index in [0.29, 0.717) is 19.4 Å². The molecule has 4 nitrogen and oxygen atoms in total. The third-order valence-corrected chi connectivity index (χ3v) is 2.59. The predicted octanol–water partition coefficient (Wildman–Crippen LogP) is 1.21. The Morgan fingerprint density at radius 2 is 2.18 bits per heavy atom. The van der Waals surface area contributed by atoms with Crippen LogP contribution in [0.4, 0.5) is 0 Å². The van der Waals surface area contributed by atoms with Crippen molar-refractivity contribution in [2.45, 2.75) is 12.8 Å². The number of amides is 1. The van der Waals surface area contributed by atoms with Crippen molar-refractivity contribution in [3.8, 4) is 0 Å². The molecule has 0 bridgehead atoms. The topological polar surface area (TPSA) is 65.1 Å². The SMILES string of the molecule is O=C(Cc1cc2ccccc2[nH]1)NCCCO. The van der Waals surface area contributed by atoms with Gasteiger partial charge in [-0.25, -0.2) is 0 Å². The number of aliphatic hydroxyl groups is 1. The fourth-order valence-electron chi connectivity index (χ4n) is 1.77. The normalized spacial score (nSPS) is 10.6. The molecular weight excluding hydrogens is 216 g/mol. The molecule has 3 N–H and O–H groups in total. The molecule has 0 aliphatic heterocycles. The highest BCUT2D eigenvalue weighted by Crippen LogP contribution is 2.14. The van der Waals surface area contributed by atoms with E-state index in [1.165, 1.54) is 0 Å². The summed E-state index contributed by atoms with van der Waals surface area (Å²) in [6.45, 7) is 0.627. The highest BCUT2D eigenvalue weighted by atomic mass is 16.3. The fraction of sp³-hybridized carbons (Fsp3) is 0.308. The van der Waals surface area contributed by atoms with E-state index < -0.39 is 0 Å². The lowest BCUT2D eigenvalue weighted by atomic mass is 10.2. The number of rotatable bonds is 5. The number of para-hydroxylation sites is 1. The van der Waals surface area contributed by atoms with Gasteiger partial charge in [-0.1, -0.05) is 18.2 Å². The Labute approximate surface area is 99.7 Å². The zero-order valence-corrected chi connectivity index (χ0v) is 9.57. The van der Waals surface area contributed by atoms with Crippen molar-refractivity contribution in [3.63, 3.8) is 0 Å². The molecule has 2 rings (SSSR count). The summed E-state index contributed by atoms with van der Waals surface area (Å²) in [6, 6.07) is 9.92. The van der Waals surface area contributed by atoms with Crippen molar-refractivity contribution in [1.82, 2.24) is 10.3 Å². The van der Waals surface area contributed by atoms with Gasteiger partial charge in [0.05, 0.1) is 6.42 Å². The molecule has 1 amide bonds. The molecule has 1 aromatic heterocycles. The minimum atomic E-state index is -0.0231. The zero-order valence-electron chi connectivity index (χ0n) is 9.57. The minimum Gasteiger partial charge on any atom is -0.396 e. The summed E-state index contributed by atoms with van der Waals surface area (Å²) in [6.07, 6.45) is 0.943. The number of hydrogen-bond donors (Lipinski definition) is 3. The molecule has 1 heterocycles. The summed E-state index contributed by atoms with van der Waals surface area (Å²) in [4.78, 5) is 14.8. The van der Waals surface area contributed by atoms with Crippen LogP contribution < -0.4 is 5.32 Å². The Morgan fingerprint density at radius 3 is 2.94 bits per heavy atom. The van der Waals surface area contributed by atoms with E-state index in [1.54, 1.807) is 0 Å². The number of nitrogens with one attached hydrogen (secondary N) is 2. The number of benzene rings is 1. The van der Waals surface area contributed by atoms with Gasteiger partial charge in [0.1, 0.15) is 0 Å². The predicted molar refractivity (Wildman–Crippen MR) is 66.7 cm³/mol. The maximum Gasteiger partial charge on any atom is 0.225 e. The van der Waals surface area contributed by atoms with Crippen LogP contribution in [0, 0.1) is 0 Å². The number of aliphatic hydroxyl groups excluding tert-OH is 1. The molecule has 0 aliphatic rings. The first kappa shape index (κ1) is 11.7. The number of aromatic amines is 1. The number of fused-ring (bicyclic) bond motifs is 1. The molecule has 0 spiro atoms. The number of hydrogen-bond acceptors (Lipinski definition) is 2. The summed E-state index contributed by atoms with van der Waals surface area (Å²) in [7, 11) is 0. The lowest BCUT2D eigenvalue weighted by molar-refractivity contribution is -0.120. The van der Waals surface area contributed by atoms with Gasteiger partial charge in [-0.05, 0) is 23.9 Å². The molecule has 2 aromatic rings. The van der Waals surface area contributed by atoms with E-state index in [9.17, 15) is 4.79 Å². The lowest BCUT2D eigenvalue weighted by Crippen LogP contribution is -2.26. The summed E-state index contributed by atoms with van der Waals surface area (Å²) >= 11 is 0. The number of carbonyl (C=O) groups excluding carboxylic acids is 1. The van der Waals surface area contributed by atoms with Crippen LogP contribution in [0.25, 0.3) is 10.9 Å². The standard InChI is InChI=1S/C13H16N2O2/c16-7-3-6-14-13(17)9-11-8-10-4-1-2-5-12(10)15-11/h1-2,4-5,8,15-16H,3,6-7,9H2,(H,14,17). The van der Waals surface area contributed by atoms with E-state index in [-0.39, 0.29) is 12.5 Å². The molecule has 90 valence electrons. The minimum absolute atomic E-state index is 0.0231. The van der Waals surface area contributed by atoms with Gasteiger partial charge < -0.3 is 15.4 Å². The van der Waals surface area contributed by atoms with Gasteiger partial charge in [0.2, 0.25) is 5.91 Å². The van der Waals surface area contributed by atoms with Gasteiger partial charge in [0, 0.05) is 24.4 Å². The third kappa shape index (κ3) is 3.07. The Balaban J connectivity index is 1.96. The summed E-state index contributed by atoms with van der Waals surface area (Å²) in [5, 5.41) is 12.5. The molecule has 0 aliphatic carbocycles. The summed E-state index contributed by atoms with van der Waals surface area (Å²) in [5.41, 5.74) is 1.96. The quantitative estimate of drug-likeness (QED) is 0.678.